The molecule has 12 heavy (non-hydrogen) atoms. The molecule has 1 atom stereocenters. The Morgan fingerprint density at radius 3 is 2.25 bits per heavy atom. The highest BCUT2D eigenvalue weighted by atomic mass is 16.4. The van der Waals surface area contributed by atoms with Crippen LogP contribution < -0.4 is 5.73 Å². The Morgan fingerprint density at radius 2 is 1.92 bits per heavy atom. The van der Waals surface area contributed by atoms with Gasteiger partial charge in [-0.2, -0.15) is 0 Å². The van der Waals surface area contributed by atoms with Gasteiger partial charge in [-0.3, -0.25) is 9.59 Å². The summed E-state index contributed by atoms with van der Waals surface area (Å²) in [7, 11) is 0. The Bertz CT molecular complexity index is 211. The lowest BCUT2D eigenvalue weighted by Gasteiger charge is -2.00. The molecule has 0 amide bonds. The smallest absolute Gasteiger partial charge is 0.362 e. The maximum absolute atomic E-state index is 10.8. The summed E-state index contributed by atoms with van der Waals surface area (Å²) in [5.41, 5.74) is 3.25. The van der Waals surface area contributed by atoms with Crippen LogP contribution in [0.1, 0.15) is 19.8 Å². The molecule has 68 valence electrons. The van der Waals surface area contributed by atoms with Crippen molar-refractivity contribution in [3.05, 3.63) is 0 Å². The molecule has 5 nitrogen and oxygen atoms in total. The first-order valence-electron chi connectivity index (χ1n) is 3.50. The SMILES string of the molecule is CC(=O)CC(=O)CC([NH3+])C(=O)O. The minimum atomic E-state index is -1.12. The number of aliphatic carboxylic acids is 1. The lowest BCUT2D eigenvalue weighted by molar-refractivity contribution is -0.406. The first-order valence-corrected chi connectivity index (χ1v) is 3.50. The third-order valence-corrected chi connectivity index (χ3v) is 1.27. The van der Waals surface area contributed by atoms with Crippen molar-refractivity contribution in [2.75, 3.05) is 0 Å². The topological polar surface area (TPSA) is 99.1 Å². The number of carbonyl (C=O) groups is 3. The molecule has 0 rings (SSSR count). The van der Waals surface area contributed by atoms with Crippen LogP contribution in [0.3, 0.4) is 0 Å². The van der Waals surface area contributed by atoms with Crippen LogP contribution in [0, 0.1) is 0 Å². The van der Waals surface area contributed by atoms with E-state index in [2.05, 4.69) is 5.73 Å². The average molecular weight is 174 g/mol. The van der Waals surface area contributed by atoms with Crippen molar-refractivity contribution in [3.8, 4) is 0 Å². The highest BCUT2D eigenvalue weighted by molar-refractivity contribution is 5.99. The second kappa shape index (κ2) is 4.61. The van der Waals surface area contributed by atoms with Crippen LogP contribution in [0.15, 0.2) is 0 Å². The maximum Gasteiger partial charge on any atom is 0.362 e. The predicted octanol–water partition coefficient (Wildman–Crippen LogP) is -1.38. The number of ketones is 2. The van der Waals surface area contributed by atoms with Gasteiger partial charge >= 0.3 is 5.97 Å². The number of Topliss-reactive ketones (excluding diaryl/α,β-unsaturated/α-hetero) is 2. The summed E-state index contributed by atoms with van der Waals surface area (Å²) in [6.07, 6.45) is -0.367. The van der Waals surface area contributed by atoms with E-state index >= 15 is 0 Å². The van der Waals surface area contributed by atoms with E-state index in [1.54, 1.807) is 0 Å². The summed E-state index contributed by atoms with van der Waals surface area (Å²) < 4.78 is 0. The normalized spacial score (nSPS) is 12.2. The number of carboxylic acids is 1. The Labute approximate surface area is 69.5 Å². The summed E-state index contributed by atoms with van der Waals surface area (Å²) in [6, 6.07) is -0.947. The molecule has 0 saturated carbocycles. The van der Waals surface area contributed by atoms with Crippen molar-refractivity contribution in [1.82, 2.24) is 0 Å². The van der Waals surface area contributed by atoms with Gasteiger partial charge in [-0.25, -0.2) is 4.79 Å². The molecular formula is C7H12NO4+. The lowest BCUT2D eigenvalue weighted by Crippen LogP contribution is -2.65. The Kier molecular flexibility index (Phi) is 4.14. The van der Waals surface area contributed by atoms with Crippen molar-refractivity contribution in [3.63, 3.8) is 0 Å². The van der Waals surface area contributed by atoms with E-state index in [9.17, 15) is 14.4 Å². The quantitative estimate of drug-likeness (QED) is 0.502. The summed E-state index contributed by atoms with van der Waals surface area (Å²) in [5, 5.41) is 8.37. The van der Waals surface area contributed by atoms with Crippen LogP contribution in [0.2, 0.25) is 0 Å². The van der Waals surface area contributed by atoms with Crippen LogP contribution >= 0.6 is 0 Å². The van der Waals surface area contributed by atoms with Gasteiger partial charge in [0.2, 0.25) is 0 Å². The van der Waals surface area contributed by atoms with Crippen LogP contribution in [0.25, 0.3) is 0 Å². The average Bonchev–Trinajstić information content (AvgIpc) is 1.84. The molecule has 4 N–H and O–H groups in total. The molecule has 0 bridgehead atoms. The Balaban J connectivity index is 3.85. The summed E-state index contributed by atoms with van der Waals surface area (Å²) >= 11 is 0. The van der Waals surface area contributed by atoms with Crippen LogP contribution in [0.5, 0.6) is 0 Å². The monoisotopic (exact) mass is 174 g/mol. The summed E-state index contributed by atoms with van der Waals surface area (Å²) in [5.74, 6) is -1.74. The van der Waals surface area contributed by atoms with Gasteiger partial charge in [-0.1, -0.05) is 0 Å². The first kappa shape index (κ1) is 10.8. The summed E-state index contributed by atoms with van der Waals surface area (Å²) in [4.78, 5) is 31.5. The van der Waals surface area contributed by atoms with Crippen LogP contribution in [-0.2, 0) is 14.4 Å². The molecular weight excluding hydrogens is 162 g/mol. The molecule has 0 fully saturated rings. The number of hydrogen-bond acceptors (Lipinski definition) is 3. The van der Waals surface area contributed by atoms with Gasteiger partial charge in [0.05, 0.1) is 12.8 Å². The fourth-order valence-corrected chi connectivity index (χ4v) is 0.712. The van der Waals surface area contributed by atoms with E-state index in [0.717, 1.165) is 0 Å². The standard InChI is InChI=1S/C7H11NO4/c1-4(9)2-5(10)3-6(8)7(11)12/h6H,2-3,8H2,1H3,(H,11,12)/p+1. The molecule has 0 aromatic rings. The van der Waals surface area contributed by atoms with Crippen molar-refractivity contribution >= 4 is 17.5 Å². The van der Waals surface area contributed by atoms with Crippen molar-refractivity contribution in [1.29, 1.82) is 0 Å². The van der Waals surface area contributed by atoms with E-state index in [0.29, 0.717) is 0 Å². The van der Waals surface area contributed by atoms with Crippen molar-refractivity contribution in [2.24, 2.45) is 0 Å². The molecule has 0 heterocycles. The first-order chi connectivity index (χ1) is 5.43. The lowest BCUT2D eigenvalue weighted by atomic mass is 10.1. The number of hydrogen-bond donors (Lipinski definition) is 2. The zero-order chi connectivity index (χ0) is 9.72. The highest BCUT2D eigenvalue weighted by Crippen LogP contribution is 1.94. The second-order valence-corrected chi connectivity index (χ2v) is 2.66. The van der Waals surface area contributed by atoms with E-state index in [4.69, 9.17) is 5.11 Å². The molecule has 0 aliphatic heterocycles. The Morgan fingerprint density at radius 1 is 1.42 bits per heavy atom. The molecule has 0 aliphatic rings. The second-order valence-electron chi connectivity index (χ2n) is 2.66. The van der Waals surface area contributed by atoms with Gasteiger partial charge in [0, 0.05) is 0 Å². The number of quaternary nitrogens is 1. The molecule has 0 aromatic carbocycles. The van der Waals surface area contributed by atoms with Gasteiger partial charge in [0.25, 0.3) is 0 Å². The minimum absolute atomic E-state index is 0.172. The van der Waals surface area contributed by atoms with Crippen molar-refractivity contribution < 1.29 is 25.2 Å². The van der Waals surface area contributed by atoms with Gasteiger partial charge in [-0.15, -0.1) is 0 Å². The molecule has 0 saturated heterocycles. The van der Waals surface area contributed by atoms with Gasteiger partial charge in [-0.05, 0) is 6.92 Å². The summed E-state index contributed by atoms with van der Waals surface area (Å²) in [6.45, 7) is 1.29. The van der Waals surface area contributed by atoms with Gasteiger partial charge in [0.15, 0.2) is 6.04 Å². The largest absolute Gasteiger partial charge is 0.477 e. The zero-order valence-corrected chi connectivity index (χ0v) is 6.87. The fourth-order valence-electron chi connectivity index (χ4n) is 0.712. The molecule has 0 radical (unpaired) electrons. The molecule has 1 unspecified atom stereocenters. The zero-order valence-electron chi connectivity index (χ0n) is 6.87. The van der Waals surface area contributed by atoms with E-state index in [-0.39, 0.29) is 24.4 Å². The highest BCUT2D eigenvalue weighted by Gasteiger charge is 2.20. The van der Waals surface area contributed by atoms with E-state index in [1.165, 1.54) is 6.92 Å². The molecule has 5 heteroatoms. The van der Waals surface area contributed by atoms with Crippen molar-refractivity contribution in [2.45, 2.75) is 25.8 Å². The molecule has 0 aromatic heterocycles. The third kappa shape index (κ3) is 4.56. The number of carboxylic acid groups (broad SMARTS) is 1. The van der Waals surface area contributed by atoms with Crippen LogP contribution in [-0.4, -0.2) is 28.7 Å². The van der Waals surface area contributed by atoms with Gasteiger partial charge in [0.1, 0.15) is 11.6 Å². The minimum Gasteiger partial charge on any atom is -0.477 e. The Hall–Kier alpha value is -1.23. The maximum atomic E-state index is 10.8. The van der Waals surface area contributed by atoms with Gasteiger partial charge < -0.3 is 10.8 Å². The number of carbonyl (C=O) groups excluding carboxylic acids is 2. The van der Waals surface area contributed by atoms with E-state index < -0.39 is 12.0 Å². The fraction of sp³-hybridized carbons (Fsp3) is 0.571. The third-order valence-electron chi connectivity index (χ3n) is 1.27. The predicted molar refractivity (Wildman–Crippen MR) is 39.2 cm³/mol. The molecule has 0 aliphatic carbocycles. The van der Waals surface area contributed by atoms with E-state index in [1.807, 2.05) is 0 Å². The molecule has 0 spiro atoms. The number of rotatable bonds is 5. The van der Waals surface area contributed by atoms with Crippen LogP contribution in [0.4, 0.5) is 0 Å².